The molecule has 6 heteroatoms. The third kappa shape index (κ3) is 5.85. The van der Waals surface area contributed by atoms with E-state index in [4.69, 9.17) is 28.4 Å². The smallest absolute Gasteiger partial charge is 0.230 e. The molecule has 6 aromatic carbocycles. The number of ether oxygens (including phenoxy) is 6. The van der Waals surface area contributed by atoms with Gasteiger partial charge in [-0.1, -0.05) is 36.4 Å². The van der Waals surface area contributed by atoms with Gasteiger partial charge < -0.3 is 28.4 Å². The lowest BCUT2D eigenvalue weighted by molar-refractivity contribution is 0.119. The van der Waals surface area contributed by atoms with E-state index in [1.165, 1.54) is 11.1 Å². The van der Waals surface area contributed by atoms with Gasteiger partial charge in [-0.05, 0) is 175 Å². The van der Waals surface area contributed by atoms with Crippen molar-refractivity contribution in [3.05, 3.63) is 175 Å². The van der Waals surface area contributed by atoms with Crippen molar-refractivity contribution in [2.24, 2.45) is 0 Å². The van der Waals surface area contributed by atoms with Crippen LogP contribution in [0, 0.1) is 0 Å². The van der Waals surface area contributed by atoms with Crippen LogP contribution in [-0.2, 0) is 12.8 Å². The van der Waals surface area contributed by atoms with Gasteiger partial charge in [-0.2, -0.15) is 0 Å². The molecule has 18 bridgehead atoms. The van der Waals surface area contributed by atoms with Crippen molar-refractivity contribution < 1.29 is 28.4 Å². The van der Waals surface area contributed by atoms with Crippen molar-refractivity contribution in [1.29, 1.82) is 0 Å². The lowest BCUT2D eigenvalue weighted by atomic mass is 9.96. The normalized spacial score (nSPS) is 17.3. The molecule has 0 aromatic heterocycles. The van der Waals surface area contributed by atoms with Crippen LogP contribution in [0.5, 0.6) is 34.5 Å². The van der Waals surface area contributed by atoms with E-state index in [0.717, 1.165) is 88.8 Å². The van der Waals surface area contributed by atoms with Gasteiger partial charge in [0.05, 0.1) is 0 Å². The number of rotatable bonds is 0. The van der Waals surface area contributed by atoms with E-state index in [2.05, 4.69) is 97.1 Å². The summed E-state index contributed by atoms with van der Waals surface area (Å²) in [5, 5.41) is 4.18. The Bertz CT molecular complexity index is 2460. The monoisotopic (exact) mass is 668 g/mol. The van der Waals surface area contributed by atoms with E-state index in [-0.39, 0.29) is 20.4 Å². The first-order chi connectivity index (χ1) is 25.1. The Kier molecular flexibility index (Phi) is 7.05. The molecular formula is C45H32O6. The molecule has 0 saturated carbocycles. The average molecular weight is 669 g/mol. The molecule has 6 aromatic rings. The zero-order valence-electron chi connectivity index (χ0n) is 27.7. The zero-order chi connectivity index (χ0) is 33.7. The van der Waals surface area contributed by atoms with Gasteiger partial charge in [0.15, 0.2) is 0 Å². The van der Waals surface area contributed by atoms with Gasteiger partial charge in [-0.15, -0.1) is 0 Å². The summed E-state index contributed by atoms with van der Waals surface area (Å²) >= 11 is 0. The minimum Gasteiger partial charge on any atom is -0.457 e. The van der Waals surface area contributed by atoms with Crippen molar-refractivity contribution in [2.75, 3.05) is 20.4 Å². The van der Waals surface area contributed by atoms with Crippen LogP contribution < -0.4 is 49.3 Å². The van der Waals surface area contributed by atoms with E-state index in [9.17, 15) is 0 Å². The van der Waals surface area contributed by atoms with Crippen LogP contribution >= 0.6 is 0 Å². The van der Waals surface area contributed by atoms with Crippen LogP contribution in [0.15, 0.2) is 109 Å². The zero-order valence-corrected chi connectivity index (χ0v) is 27.7. The summed E-state index contributed by atoms with van der Waals surface area (Å²) in [4.78, 5) is 0. The van der Waals surface area contributed by atoms with Gasteiger partial charge in [0.1, 0.15) is 34.5 Å². The molecule has 0 atom stereocenters. The summed E-state index contributed by atoms with van der Waals surface area (Å²) in [5.74, 6) is 4.38. The summed E-state index contributed by atoms with van der Waals surface area (Å²) in [6.45, 7) is 0.210. The van der Waals surface area contributed by atoms with Crippen LogP contribution in [0.1, 0.15) is 44.5 Å². The van der Waals surface area contributed by atoms with Gasteiger partial charge >= 0.3 is 0 Å². The summed E-state index contributed by atoms with van der Waals surface area (Å²) < 4.78 is 37.4. The second kappa shape index (κ2) is 12.2. The second-order valence-electron chi connectivity index (χ2n) is 13.2. The fourth-order valence-corrected chi connectivity index (χ4v) is 7.22. The number of benzene rings is 6. The van der Waals surface area contributed by atoms with Crippen LogP contribution in [0.4, 0.5) is 0 Å². The Labute approximate surface area is 294 Å². The number of hydrogen-bond acceptors (Lipinski definition) is 6. The standard InChI is InChI=1S/C45H32O6/c1-7-40-19-34-14-29-2-8-43-21-36(29)15-30-3-9-41(20-35(30)13-28(1)34)48-26-49-44-11-5-32-16-37-22-42(47-25-46-40)10-4-31(37)17-38-24-45(51-27-50-43)12-6-33(38)18-39(32)23-44/h1-14,17-24H,15-16,25-27H2/b28-13-,33-18-,34-14-,38-17-. The fourth-order valence-electron chi connectivity index (χ4n) is 7.22. The third-order valence-corrected chi connectivity index (χ3v) is 9.94. The van der Waals surface area contributed by atoms with Crippen LogP contribution in [0.3, 0.4) is 0 Å². The minimum atomic E-state index is 0.0699. The summed E-state index contributed by atoms with van der Waals surface area (Å²) in [7, 11) is 0. The Balaban J connectivity index is 1.22. The fraction of sp³-hybridized carbons (Fsp3) is 0.111. The molecule has 12 aliphatic heterocycles. The topological polar surface area (TPSA) is 55.4 Å². The Hall–Kier alpha value is -6.40. The van der Waals surface area contributed by atoms with E-state index in [1.54, 1.807) is 0 Å². The molecule has 0 N–H and O–H groups in total. The Morgan fingerprint density at radius 3 is 1.08 bits per heavy atom. The molecule has 0 fully saturated rings. The molecule has 0 spiro atoms. The van der Waals surface area contributed by atoms with Gasteiger partial charge in [-0.3, -0.25) is 0 Å². The molecule has 6 nitrogen and oxygen atoms in total. The molecule has 20 rings (SSSR count). The predicted octanol–water partition coefficient (Wildman–Crippen LogP) is 5.68. The quantitative estimate of drug-likeness (QED) is 0.207. The molecule has 248 valence electrons. The highest BCUT2D eigenvalue weighted by atomic mass is 16.7. The van der Waals surface area contributed by atoms with Gasteiger partial charge in [-0.25, -0.2) is 0 Å². The summed E-state index contributed by atoms with van der Waals surface area (Å²) in [6, 6.07) is 37.2. The SMILES string of the molecule is C1=c2/ccc3c/c2=C/c2ccc4cc2Cc2ccc(cc2/1)OCOc1ccc2c(c1)/C=c1/ccc(c/c1=C/c1ccc(cc1C2)OCO3)OCO4. The molecule has 0 saturated heterocycles. The molecule has 51 heavy (non-hydrogen) atoms. The van der Waals surface area contributed by atoms with E-state index in [0.29, 0.717) is 12.8 Å². The first-order valence-electron chi connectivity index (χ1n) is 17.1. The van der Waals surface area contributed by atoms with Gasteiger partial charge in [0, 0.05) is 0 Å². The largest absolute Gasteiger partial charge is 0.457 e. The molecule has 0 unspecified atom stereocenters. The van der Waals surface area contributed by atoms with E-state index < -0.39 is 0 Å². The predicted molar refractivity (Wildman–Crippen MR) is 195 cm³/mol. The Morgan fingerprint density at radius 2 is 0.627 bits per heavy atom. The maximum Gasteiger partial charge on any atom is 0.230 e. The highest BCUT2D eigenvalue weighted by molar-refractivity contribution is 5.66. The van der Waals surface area contributed by atoms with Crippen molar-refractivity contribution in [3.8, 4) is 34.5 Å². The van der Waals surface area contributed by atoms with Crippen molar-refractivity contribution in [2.45, 2.75) is 12.8 Å². The molecule has 0 amide bonds. The number of hydrogen-bond donors (Lipinski definition) is 0. The highest BCUT2D eigenvalue weighted by Gasteiger charge is 2.15. The molecule has 0 radical (unpaired) electrons. The first kappa shape index (κ1) is 29.5. The van der Waals surface area contributed by atoms with Gasteiger partial charge in [0.2, 0.25) is 20.4 Å². The minimum absolute atomic E-state index is 0.0699. The van der Waals surface area contributed by atoms with Crippen molar-refractivity contribution in [1.82, 2.24) is 0 Å². The lowest BCUT2D eigenvalue weighted by Gasteiger charge is -2.15. The molecule has 14 aliphatic rings. The van der Waals surface area contributed by atoms with Crippen LogP contribution in [0.25, 0.3) is 24.3 Å². The molecule has 12 heterocycles. The first-order valence-corrected chi connectivity index (χ1v) is 17.1. The molecule has 2 aliphatic carbocycles. The van der Waals surface area contributed by atoms with Crippen molar-refractivity contribution >= 4 is 24.3 Å². The third-order valence-electron chi connectivity index (χ3n) is 9.94. The van der Waals surface area contributed by atoms with Crippen LogP contribution in [-0.4, -0.2) is 20.4 Å². The average Bonchev–Trinajstić information content (AvgIpc) is 3.24. The van der Waals surface area contributed by atoms with Crippen LogP contribution in [0.2, 0.25) is 0 Å². The Morgan fingerprint density at radius 1 is 0.275 bits per heavy atom. The summed E-state index contributed by atoms with van der Waals surface area (Å²) in [5.41, 5.74) is 8.91. The van der Waals surface area contributed by atoms with E-state index in [1.807, 2.05) is 36.4 Å². The van der Waals surface area contributed by atoms with Crippen molar-refractivity contribution in [3.63, 3.8) is 0 Å². The maximum atomic E-state index is 6.23. The van der Waals surface area contributed by atoms with Gasteiger partial charge in [0.25, 0.3) is 0 Å². The summed E-state index contributed by atoms with van der Waals surface area (Å²) in [6.07, 6.45) is 10.2. The maximum absolute atomic E-state index is 6.23. The second-order valence-corrected chi connectivity index (χ2v) is 13.2. The molecular weight excluding hydrogens is 636 g/mol. The lowest BCUT2D eigenvalue weighted by Crippen LogP contribution is -2.25. The highest BCUT2D eigenvalue weighted by Crippen LogP contribution is 2.29. The van der Waals surface area contributed by atoms with E-state index >= 15 is 0 Å².